The Bertz CT molecular complexity index is 810. The molecule has 0 radical (unpaired) electrons. The summed E-state index contributed by atoms with van der Waals surface area (Å²) in [4.78, 5) is 25.0. The fraction of sp³-hybridized carbons (Fsp3) is 0.222. The quantitative estimate of drug-likeness (QED) is 0.803. The van der Waals surface area contributed by atoms with Crippen LogP contribution in [-0.4, -0.2) is 11.8 Å². The molecule has 1 aliphatic heterocycles. The number of amides is 2. The maximum Gasteiger partial charge on any atom is 0.234 e. The first-order valence-corrected chi connectivity index (χ1v) is 6.85. The summed E-state index contributed by atoms with van der Waals surface area (Å²) in [6.07, 6.45) is 0.630. The van der Waals surface area contributed by atoms with Crippen LogP contribution in [0.25, 0.3) is 11.1 Å². The summed E-state index contributed by atoms with van der Waals surface area (Å²) in [5.41, 5.74) is 4.36. The van der Waals surface area contributed by atoms with Crippen LogP contribution in [0.3, 0.4) is 0 Å². The van der Waals surface area contributed by atoms with Gasteiger partial charge in [0.05, 0.1) is 5.69 Å². The second kappa shape index (κ2) is 5.17. The van der Waals surface area contributed by atoms with Crippen molar-refractivity contribution in [3.05, 3.63) is 53.6 Å². The molecule has 106 valence electrons. The minimum Gasteiger partial charge on any atom is -0.274 e. The number of rotatable bonds is 1. The third-order valence-electron chi connectivity index (χ3n) is 3.77. The number of carbonyl (C=O) groups is 2. The van der Waals surface area contributed by atoms with E-state index in [1.807, 2.05) is 43.3 Å². The first-order valence-electron chi connectivity index (χ1n) is 8.35. The Morgan fingerprint density at radius 1 is 1.10 bits per heavy atom. The Morgan fingerprint density at radius 2 is 1.81 bits per heavy atom. The lowest BCUT2D eigenvalue weighted by Gasteiger charge is -2.27. The third-order valence-corrected chi connectivity index (χ3v) is 3.77. The largest absolute Gasteiger partial charge is 0.274 e. The van der Waals surface area contributed by atoms with Crippen molar-refractivity contribution < 1.29 is 13.7 Å². The van der Waals surface area contributed by atoms with Crippen molar-refractivity contribution in [1.29, 1.82) is 0 Å². The molecule has 0 saturated carbocycles. The summed E-state index contributed by atoms with van der Waals surface area (Å²) in [5.74, 6) is -1.61. The van der Waals surface area contributed by atoms with Gasteiger partial charge < -0.3 is 0 Å². The average Bonchev–Trinajstić information content (AvgIpc) is 2.53. The number of imide groups is 1. The van der Waals surface area contributed by atoms with Crippen LogP contribution < -0.4 is 4.90 Å². The molecule has 0 N–H and O–H groups in total. The van der Waals surface area contributed by atoms with Crippen LogP contribution in [-0.2, 0) is 16.0 Å². The van der Waals surface area contributed by atoms with Gasteiger partial charge >= 0.3 is 0 Å². The second-order valence-electron chi connectivity index (χ2n) is 5.24. The van der Waals surface area contributed by atoms with Crippen molar-refractivity contribution in [1.82, 2.24) is 0 Å². The number of hydrogen-bond acceptors (Lipinski definition) is 2. The molecule has 1 aliphatic rings. The fourth-order valence-electron chi connectivity index (χ4n) is 2.64. The first-order chi connectivity index (χ1) is 11.3. The number of nitrogens with zero attached hydrogens (tertiary/aromatic N) is 1. The topological polar surface area (TPSA) is 37.4 Å². The van der Waals surface area contributed by atoms with Gasteiger partial charge in [0.1, 0.15) is 0 Å². The number of carbonyl (C=O) groups excluding carboxylic acids is 2. The fourth-order valence-corrected chi connectivity index (χ4v) is 2.64. The van der Waals surface area contributed by atoms with Crippen LogP contribution in [0.15, 0.2) is 42.5 Å². The van der Waals surface area contributed by atoms with Crippen molar-refractivity contribution >= 4 is 17.5 Å². The molecule has 0 atom stereocenters. The summed E-state index contributed by atoms with van der Waals surface area (Å²) < 4.78 is 21.9. The summed E-state index contributed by atoms with van der Waals surface area (Å²) >= 11 is 0. The van der Waals surface area contributed by atoms with E-state index in [1.54, 1.807) is 6.07 Å². The molecule has 0 aliphatic carbocycles. The molecule has 0 saturated heterocycles. The van der Waals surface area contributed by atoms with Gasteiger partial charge in [-0.15, -0.1) is 0 Å². The third kappa shape index (κ3) is 2.47. The van der Waals surface area contributed by atoms with Crippen molar-refractivity contribution in [3.8, 4) is 11.1 Å². The Morgan fingerprint density at radius 3 is 2.52 bits per heavy atom. The Balaban J connectivity index is 2.03. The van der Waals surface area contributed by atoms with E-state index in [2.05, 4.69) is 0 Å². The van der Waals surface area contributed by atoms with Gasteiger partial charge in [0.2, 0.25) is 11.8 Å². The zero-order valence-electron chi connectivity index (χ0n) is 14.7. The van der Waals surface area contributed by atoms with Gasteiger partial charge in [-0.25, -0.2) is 0 Å². The van der Waals surface area contributed by atoms with E-state index in [1.165, 1.54) is 0 Å². The van der Waals surface area contributed by atoms with Gasteiger partial charge in [-0.1, -0.05) is 35.9 Å². The van der Waals surface area contributed by atoms with Gasteiger partial charge in [-0.05, 0) is 42.2 Å². The molecule has 3 heteroatoms. The molecule has 0 fully saturated rings. The van der Waals surface area contributed by atoms with Crippen molar-refractivity contribution in [2.24, 2.45) is 0 Å². The number of hydrogen-bond donors (Lipinski definition) is 0. The molecule has 3 nitrogen and oxygen atoms in total. The Labute approximate surface area is 128 Å². The molecular formula is C18H17NO2. The van der Waals surface area contributed by atoms with Gasteiger partial charge in [0, 0.05) is 17.4 Å². The van der Waals surface area contributed by atoms with Crippen LogP contribution in [0.2, 0.25) is 0 Å². The average molecular weight is 282 g/mol. The molecule has 2 aromatic carbocycles. The lowest BCUT2D eigenvalue weighted by Crippen LogP contribution is -2.38. The van der Waals surface area contributed by atoms with Crippen LogP contribution in [0.1, 0.15) is 28.5 Å². The predicted molar refractivity (Wildman–Crippen MR) is 83.1 cm³/mol. The highest BCUT2D eigenvalue weighted by Crippen LogP contribution is 2.32. The van der Waals surface area contributed by atoms with Crippen LogP contribution in [0.5, 0.6) is 0 Å². The molecule has 0 aromatic heterocycles. The van der Waals surface area contributed by atoms with Gasteiger partial charge in [0.15, 0.2) is 0 Å². The van der Waals surface area contributed by atoms with E-state index in [9.17, 15) is 9.59 Å². The molecule has 0 unspecified atom stereocenters. The monoisotopic (exact) mass is 282 g/mol. The molecular weight excluding hydrogens is 262 g/mol. The maximum atomic E-state index is 12.1. The molecule has 1 heterocycles. The minimum absolute atomic E-state index is 0.131. The summed E-state index contributed by atoms with van der Waals surface area (Å²) in [6, 6.07) is 13.4. The normalized spacial score (nSPS) is 16.7. The molecule has 21 heavy (non-hydrogen) atoms. The van der Waals surface area contributed by atoms with Crippen molar-refractivity contribution in [2.45, 2.75) is 26.6 Å². The van der Waals surface area contributed by atoms with E-state index in [0.717, 1.165) is 27.2 Å². The van der Waals surface area contributed by atoms with Crippen molar-refractivity contribution in [3.63, 3.8) is 0 Å². The van der Waals surface area contributed by atoms with Gasteiger partial charge in [-0.2, -0.15) is 0 Å². The summed E-state index contributed by atoms with van der Waals surface area (Å²) in [7, 11) is 0. The Hall–Kier alpha value is -2.42. The lowest BCUT2D eigenvalue weighted by atomic mass is 9.95. The van der Waals surface area contributed by atoms with Crippen LogP contribution >= 0.6 is 0 Å². The maximum absolute atomic E-state index is 12.1. The first kappa shape index (κ1) is 10.3. The van der Waals surface area contributed by atoms with Crippen molar-refractivity contribution in [2.75, 3.05) is 4.90 Å². The van der Waals surface area contributed by atoms with Gasteiger partial charge in [-0.3, -0.25) is 14.5 Å². The highest BCUT2D eigenvalue weighted by Gasteiger charge is 2.27. The minimum atomic E-state index is -2.83. The van der Waals surface area contributed by atoms with E-state index in [-0.39, 0.29) is 6.42 Å². The highest BCUT2D eigenvalue weighted by atomic mass is 16.2. The lowest BCUT2D eigenvalue weighted by molar-refractivity contribution is -0.125. The summed E-state index contributed by atoms with van der Waals surface area (Å²) in [6.45, 7) is -0.819. The number of aryl methyl sites for hydroxylation is 2. The second-order valence-corrected chi connectivity index (χ2v) is 5.24. The Kier molecular flexibility index (Phi) is 2.54. The summed E-state index contributed by atoms with van der Waals surface area (Å²) in [5, 5.41) is 0. The smallest absolute Gasteiger partial charge is 0.234 e. The molecule has 0 bridgehead atoms. The van der Waals surface area contributed by atoms with Crippen LogP contribution in [0, 0.1) is 6.92 Å². The number of anilines is 1. The molecule has 2 amide bonds. The van der Waals surface area contributed by atoms with Gasteiger partial charge in [0.25, 0.3) is 0 Å². The van der Waals surface area contributed by atoms with E-state index in [4.69, 9.17) is 4.11 Å². The standard InChI is InChI=1S/C18H17NO2/c1-12-3-5-14(6-4-12)15-7-9-17-16(11-15)8-10-18(21)19(17)13(2)20/h3-7,9,11H,8,10H2,1-2H3/i2D3. The zero-order chi connectivity index (χ0) is 17.5. The van der Waals surface area contributed by atoms with E-state index >= 15 is 0 Å². The zero-order valence-corrected chi connectivity index (χ0v) is 11.7. The molecule has 3 rings (SSSR count). The number of fused-ring (bicyclic) bond motifs is 1. The SMILES string of the molecule is [2H]C([2H])([2H])C(=O)N1C(=O)CCc2cc(-c3ccc(C)cc3)ccc21. The van der Waals surface area contributed by atoms with E-state index < -0.39 is 18.7 Å². The van der Waals surface area contributed by atoms with Crippen LogP contribution in [0.4, 0.5) is 5.69 Å². The molecule has 0 spiro atoms. The predicted octanol–water partition coefficient (Wildman–Crippen LogP) is 3.49. The highest BCUT2D eigenvalue weighted by molar-refractivity contribution is 6.15. The van der Waals surface area contributed by atoms with E-state index in [0.29, 0.717) is 12.1 Å². The molecule has 2 aromatic rings. The number of benzene rings is 2.